The Morgan fingerprint density at radius 1 is 1.23 bits per heavy atom. The number of hydrogen-bond donors (Lipinski definition) is 1. The van der Waals surface area contributed by atoms with Gasteiger partial charge in [-0.3, -0.25) is 9.48 Å². The van der Waals surface area contributed by atoms with E-state index in [0.29, 0.717) is 40.3 Å². The molecule has 0 bridgehead atoms. The Bertz CT molecular complexity index is 1210. The van der Waals surface area contributed by atoms with Gasteiger partial charge in [-0.15, -0.1) is 0 Å². The van der Waals surface area contributed by atoms with Gasteiger partial charge in [0.2, 0.25) is 0 Å². The van der Waals surface area contributed by atoms with Gasteiger partial charge in [0.15, 0.2) is 0 Å². The van der Waals surface area contributed by atoms with Crippen LogP contribution in [-0.4, -0.2) is 39.0 Å². The lowest BCUT2D eigenvalue weighted by Gasteiger charge is -2.15. The molecule has 0 aliphatic heterocycles. The third kappa shape index (κ3) is 3.89. The summed E-state index contributed by atoms with van der Waals surface area (Å²) in [5.41, 5.74) is 3.75. The Labute approximate surface area is 173 Å². The van der Waals surface area contributed by atoms with E-state index in [9.17, 15) is 4.79 Å². The van der Waals surface area contributed by atoms with E-state index in [-0.39, 0.29) is 11.9 Å². The van der Waals surface area contributed by atoms with Crippen molar-refractivity contribution in [2.24, 2.45) is 0 Å². The summed E-state index contributed by atoms with van der Waals surface area (Å²) < 4.78 is 12.6. The van der Waals surface area contributed by atoms with E-state index >= 15 is 0 Å². The van der Waals surface area contributed by atoms with Gasteiger partial charge in [-0.2, -0.15) is 5.10 Å². The predicted molar refractivity (Wildman–Crippen MR) is 112 cm³/mol. The van der Waals surface area contributed by atoms with E-state index in [1.807, 2.05) is 62.0 Å². The molecule has 0 spiro atoms. The Hall–Kier alpha value is -3.68. The molecule has 0 unspecified atom stereocenters. The smallest absolute Gasteiger partial charge is 0.259 e. The van der Waals surface area contributed by atoms with Crippen LogP contribution in [0.3, 0.4) is 0 Å². The van der Waals surface area contributed by atoms with Gasteiger partial charge in [-0.25, -0.2) is 4.98 Å². The summed E-state index contributed by atoms with van der Waals surface area (Å²) in [5, 5.41) is 12.2. The quantitative estimate of drug-likeness (QED) is 0.527. The molecule has 0 saturated carbocycles. The molecule has 0 saturated heterocycles. The number of pyridine rings is 1. The van der Waals surface area contributed by atoms with Gasteiger partial charge in [0.1, 0.15) is 11.4 Å². The molecule has 0 radical (unpaired) electrons. The van der Waals surface area contributed by atoms with Crippen LogP contribution in [0.1, 0.15) is 28.7 Å². The first-order valence-corrected chi connectivity index (χ1v) is 9.67. The SMILES string of the molecule is COc1cccc(-c2noc3nc(C)cc(C(=O)N[C@H](C)Cn4ccc(C)n4)c23)c1. The minimum atomic E-state index is -0.214. The lowest BCUT2D eigenvalue weighted by molar-refractivity contribution is 0.0937. The lowest BCUT2D eigenvalue weighted by Crippen LogP contribution is -2.36. The molecule has 1 amide bonds. The molecule has 1 atom stereocenters. The van der Waals surface area contributed by atoms with E-state index in [1.165, 1.54) is 0 Å². The summed E-state index contributed by atoms with van der Waals surface area (Å²) >= 11 is 0. The van der Waals surface area contributed by atoms with Crippen LogP contribution in [0, 0.1) is 13.8 Å². The highest BCUT2D eigenvalue weighted by Gasteiger charge is 2.22. The van der Waals surface area contributed by atoms with Crippen LogP contribution in [0.25, 0.3) is 22.4 Å². The molecule has 3 heterocycles. The van der Waals surface area contributed by atoms with Crippen molar-refractivity contribution >= 4 is 17.0 Å². The molecule has 154 valence electrons. The number of ether oxygens (including phenoxy) is 1. The molecule has 1 aromatic carbocycles. The summed E-state index contributed by atoms with van der Waals surface area (Å²) in [6, 6.07) is 11.0. The maximum Gasteiger partial charge on any atom is 0.259 e. The zero-order chi connectivity index (χ0) is 21.3. The molecule has 3 aromatic heterocycles. The Balaban J connectivity index is 1.68. The first kappa shape index (κ1) is 19.6. The molecule has 8 heteroatoms. The summed E-state index contributed by atoms with van der Waals surface area (Å²) in [6.45, 7) is 6.26. The lowest BCUT2D eigenvalue weighted by atomic mass is 10.0. The third-order valence-corrected chi connectivity index (χ3v) is 4.77. The summed E-state index contributed by atoms with van der Waals surface area (Å²) in [5.74, 6) is 0.479. The van der Waals surface area contributed by atoms with Crippen molar-refractivity contribution in [2.75, 3.05) is 7.11 Å². The van der Waals surface area contributed by atoms with Crippen molar-refractivity contribution in [3.8, 4) is 17.0 Å². The Morgan fingerprint density at radius 3 is 2.80 bits per heavy atom. The number of methoxy groups -OCH3 is 1. The summed E-state index contributed by atoms with van der Waals surface area (Å²) in [6.07, 6.45) is 1.90. The van der Waals surface area contributed by atoms with Crippen LogP contribution >= 0.6 is 0 Å². The molecule has 0 aliphatic carbocycles. The van der Waals surface area contributed by atoms with Gasteiger partial charge in [0.05, 0.1) is 30.3 Å². The zero-order valence-electron chi connectivity index (χ0n) is 17.3. The normalized spacial score (nSPS) is 12.1. The highest BCUT2D eigenvalue weighted by molar-refractivity contribution is 6.09. The van der Waals surface area contributed by atoms with Crippen molar-refractivity contribution in [3.63, 3.8) is 0 Å². The number of rotatable bonds is 6. The second-order valence-electron chi connectivity index (χ2n) is 7.31. The minimum Gasteiger partial charge on any atom is -0.497 e. The molecule has 4 aromatic rings. The van der Waals surface area contributed by atoms with Crippen LogP contribution in [0.15, 0.2) is 47.1 Å². The van der Waals surface area contributed by atoms with E-state index in [2.05, 4.69) is 20.6 Å². The Morgan fingerprint density at radius 2 is 2.07 bits per heavy atom. The van der Waals surface area contributed by atoms with E-state index in [4.69, 9.17) is 9.26 Å². The average Bonchev–Trinajstić information content (AvgIpc) is 3.33. The largest absolute Gasteiger partial charge is 0.497 e. The molecular formula is C22H23N5O3. The van der Waals surface area contributed by atoms with E-state index in [0.717, 1.165) is 11.3 Å². The molecule has 30 heavy (non-hydrogen) atoms. The van der Waals surface area contributed by atoms with E-state index < -0.39 is 0 Å². The Kier molecular flexibility index (Phi) is 5.22. The van der Waals surface area contributed by atoms with Crippen LogP contribution in [0.5, 0.6) is 5.75 Å². The van der Waals surface area contributed by atoms with Crippen molar-refractivity contribution in [1.29, 1.82) is 0 Å². The van der Waals surface area contributed by atoms with Crippen LogP contribution in [-0.2, 0) is 6.54 Å². The molecule has 0 aliphatic rings. The fraction of sp³-hybridized carbons (Fsp3) is 0.273. The van der Waals surface area contributed by atoms with Gasteiger partial charge in [-0.1, -0.05) is 17.3 Å². The standard InChI is InChI=1S/C22H23N5O3/c1-13-8-9-27(25-13)12-15(3)23-21(28)18-10-14(2)24-22-19(18)20(26-30-22)16-6-5-7-17(11-16)29-4/h5-11,15H,12H2,1-4H3,(H,23,28)/t15-/m1/s1. The van der Waals surface area contributed by atoms with Gasteiger partial charge in [-0.05, 0) is 45.0 Å². The predicted octanol–water partition coefficient (Wildman–Crippen LogP) is 3.53. The number of fused-ring (bicyclic) bond motifs is 1. The van der Waals surface area contributed by atoms with Crippen LogP contribution < -0.4 is 10.1 Å². The highest BCUT2D eigenvalue weighted by Crippen LogP contribution is 2.32. The van der Waals surface area contributed by atoms with Crippen molar-refractivity contribution in [1.82, 2.24) is 25.2 Å². The second-order valence-corrected chi connectivity index (χ2v) is 7.31. The molecule has 0 fully saturated rings. The number of nitrogens with zero attached hydrogens (tertiary/aromatic N) is 4. The molecule has 1 N–H and O–H groups in total. The fourth-order valence-corrected chi connectivity index (χ4v) is 3.41. The fourth-order valence-electron chi connectivity index (χ4n) is 3.41. The number of hydrogen-bond acceptors (Lipinski definition) is 6. The van der Waals surface area contributed by atoms with Crippen LogP contribution in [0.2, 0.25) is 0 Å². The second kappa shape index (κ2) is 7.98. The molecule has 8 nitrogen and oxygen atoms in total. The topological polar surface area (TPSA) is 95.1 Å². The maximum absolute atomic E-state index is 13.2. The first-order chi connectivity index (χ1) is 14.4. The van der Waals surface area contributed by atoms with Crippen molar-refractivity contribution in [3.05, 3.63) is 59.5 Å². The molecular weight excluding hydrogens is 382 g/mol. The zero-order valence-corrected chi connectivity index (χ0v) is 17.3. The van der Waals surface area contributed by atoms with Crippen LogP contribution in [0.4, 0.5) is 0 Å². The highest BCUT2D eigenvalue weighted by atomic mass is 16.5. The van der Waals surface area contributed by atoms with E-state index in [1.54, 1.807) is 13.2 Å². The van der Waals surface area contributed by atoms with Gasteiger partial charge >= 0.3 is 0 Å². The van der Waals surface area contributed by atoms with Gasteiger partial charge in [0, 0.05) is 23.5 Å². The molecule has 4 rings (SSSR count). The number of carbonyl (C=O) groups excluding carboxylic acids is 1. The number of nitrogens with one attached hydrogen (secondary N) is 1. The van der Waals surface area contributed by atoms with Gasteiger partial charge < -0.3 is 14.6 Å². The number of benzene rings is 1. The van der Waals surface area contributed by atoms with Gasteiger partial charge in [0.25, 0.3) is 11.6 Å². The third-order valence-electron chi connectivity index (χ3n) is 4.77. The minimum absolute atomic E-state index is 0.125. The van der Waals surface area contributed by atoms with Crippen molar-refractivity contribution in [2.45, 2.75) is 33.4 Å². The number of aryl methyl sites for hydroxylation is 2. The summed E-state index contributed by atoms with van der Waals surface area (Å²) in [7, 11) is 1.60. The maximum atomic E-state index is 13.2. The number of aromatic nitrogens is 4. The van der Waals surface area contributed by atoms with Crippen molar-refractivity contribution < 1.29 is 14.1 Å². The first-order valence-electron chi connectivity index (χ1n) is 9.67. The monoisotopic (exact) mass is 405 g/mol. The number of amides is 1. The number of carbonyl (C=O) groups is 1. The average molecular weight is 405 g/mol. The summed E-state index contributed by atoms with van der Waals surface area (Å²) in [4.78, 5) is 17.6.